The highest BCUT2D eigenvalue weighted by molar-refractivity contribution is 5.96. The van der Waals surface area contributed by atoms with Crippen molar-refractivity contribution in [2.75, 3.05) is 12.0 Å². The number of carbonyl (C=O) groups excluding carboxylic acids is 2. The first kappa shape index (κ1) is 28.2. The van der Waals surface area contributed by atoms with Crippen LogP contribution in [0.25, 0.3) is 0 Å². The fraction of sp³-hybridized carbons (Fsp3) is 0.441. The molecule has 2 amide bonds. The Hall–Kier alpha value is -3.91. The van der Waals surface area contributed by atoms with E-state index in [0.29, 0.717) is 29.8 Å². The van der Waals surface area contributed by atoms with Crippen LogP contribution in [0, 0.1) is 6.92 Å². The minimum Gasteiger partial charge on any atom is -0.496 e. The average Bonchev–Trinajstić information content (AvgIpc) is 3.57. The Kier molecular flexibility index (Phi) is 8.42. The number of fused-ring (bicyclic) bond motifs is 2. The van der Waals surface area contributed by atoms with Gasteiger partial charge < -0.3 is 25.0 Å². The second kappa shape index (κ2) is 12.5. The number of amides is 2. The summed E-state index contributed by atoms with van der Waals surface area (Å²) in [6.07, 6.45) is 8.53. The van der Waals surface area contributed by atoms with E-state index in [-0.39, 0.29) is 30.0 Å². The van der Waals surface area contributed by atoms with Gasteiger partial charge in [-0.1, -0.05) is 36.4 Å². The molecule has 0 spiro atoms. The Morgan fingerprint density at radius 2 is 1.69 bits per heavy atom. The van der Waals surface area contributed by atoms with Gasteiger partial charge in [0.15, 0.2) is 0 Å². The molecule has 3 heterocycles. The van der Waals surface area contributed by atoms with Crippen LogP contribution >= 0.6 is 0 Å². The third-order valence-corrected chi connectivity index (χ3v) is 9.17. The van der Waals surface area contributed by atoms with Crippen LogP contribution < -0.4 is 20.3 Å². The molecule has 3 aromatic rings. The number of nitrogens with one attached hydrogen (secondary N) is 2. The number of benzene rings is 2. The highest BCUT2D eigenvalue weighted by atomic mass is 16.5. The van der Waals surface area contributed by atoms with Gasteiger partial charge in [-0.05, 0) is 81.7 Å². The van der Waals surface area contributed by atoms with Crippen molar-refractivity contribution >= 4 is 17.6 Å². The van der Waals surface area contributed by atoms with Crippen LogP contribution in [0.5, 0.6) is 5.75 Å². The standard InChI is InChI=1S/C34H40N4O4/c1-22-28(10-6-12-30(22)41-2)34(40)36-25-18-26-15-16-27(19-25)38(26)32-17-14-24(20-35-32)33(39)37-29-11-7-13-31(29)42-21-23-8-4-3-5-9-23/h3-6,8-10,12,14,17,20,25-27,29,31H,7,11,13,15-16,18-19,21H2,1-2H3,(H,36,40)(H,37,39)/t25?,26-,27+,29-,31-/m0/s1. The van der Waals surface area contributed by atoms with Crippen molar-refractivity contribution in [3.8, 4) is 5.75 Å². The zero-order valence-electron chi connectivity index (χ0n) is 24.4. The van der Waals surface area contributed by atoms with Gasteiger partial charge >= 0.3 is 0 Å². The molecule has 2 aromatic carbocycles. The Labute approximate surface area is 247 Å². The number of carbonyl (C=O) groups is 2. The summed E-state index contributed by atoms with van der Waals surface area (Å²) < 4.78 is 11.6. The van der Waals surface area contributed by atoms with Gasteiger partial charge in [-0.15, -0.1) is 0 Å². The first-order chi connectivity index (χ1) is 20.5. The number of anilines is 1. The molecule has 6 rings (SSSR count). The van der Waals surface area contributed by atoms with Gasteiger partial charge in [-0.25, -0.2) is 4.98 Å². The topological polar surface area (TPSA) is 92.8 Å². The van der Waals surface area contributed by atoms with Crippen molar-refractivity contribution in [3.63, 3.8) is 0 Å². The second-order valence-electron chi connectivity index (χ2n) is 11.8. The van der Waals surface area contributed by atoms with Crippen molar-refractivity contribution in [2.24, 2.45) is 0 Å². The largest absolute Gasteiger partial charge is 0.496 e. The van der Waals surface area contributed by atoms with Crippen LogP contribution in [0.3, 0.4) is 0 Å². The van der Waals surface area contributed by atoms with Crippen molar-refractivity contribution in [1.82, 2.24) is 15.6 Å². The predicted molar refractivity (Wildman–Crippen MR) is 162 cm³/mol. The smallest absolute Gasteiger partial charge is 0.253 e. The van der Waals surface area contributed by atoms with Crippen LogP contribution in [-0.2, 0) is 11.3 Å². The first-order valence-corrected chi connectivity index (χ1v) is 15.2. The molecule has 1 aromatic heterocycles. The molecule has 2 bridgehead atoms. The van der Waals surface area contributed by atoms with Crippen LogP contribution in [0.1, 0.15) is 76.8 Å². The number of nitrogens with zero attached hydrogens (tertiary/aromatic N) is 2. The van der Waals surface area contributed by atoms with E-state index < -0.39 is 0 Å². The van der Waals surface area contributed by atoms with Crippen LogP contribution in [0.15, 0.2) is 66.9 Å². The summed E-state index contributed by atoms with van der Waals surface area (Å²) in [5, 5.41) is 6.47. The minimum atomic E-state index is -0.105. The van der Waals surface area contributed by atoms with E-state index in [2.05, 4.69) is 27.7 Å². The van der Waals surface area contributed by atoms with E-state index in [1.54, 1.807) is 13.3 Å². The fourth-order valence-electron chi connectivity index (χ4n) is 7.01. The van der Waals surface area contributed by atoms with Gasteiger partial charge in [0, 0.05) is 35.4 Å². The number of ether oxygens (including phenoxy) is 2. The zero-order valence-corrected chi connectivity index (χ0v) is 24.4. The lowest BCUT2D eigenvalue weighted by Gasteiger charge is -2.40. The third kappa shape index (κ3) is 6.00. The number of aromatic nitrogens is 1. The normalized spacial score (nSPS) is 24.8. The highest BCUT2D eigenvalue weighted by Gasteiger charge is 2.42. The monoisotopic (exact) mass is 568 g/mol. The van der Waals surface area contributed by atoms with Gasteiger partial charge in [0.2, 0.25) is 0 Å². The van der Waals surface area contributed by atoms with Gasteiger partial charge in [0.05, 0.1) is 31.4 Å². The minimum absolute atomic E-state index is 0.00623. The first-order valence-electron chi connectivity index (χ1n) is 15.2. The Morgan fingerprint density at radius 1 is 0.905 bits per heavy atom. The average molecular weight is 569 g/mol. The summed E-state index contributed by atoms with van der Waals surface area (Å²) in [6, 6.07) is 20.3. The molecule has 220 valence electrons. The number of methoxy groups -OCH3 is 1. The lowest BCUT2D eigenvalue weighted by Crippen LogP contribution is -2.50. The molecule has 1 unspecified atom stereocenters. The number of rotatable bonds is 9. The van der Waals surface area contributed by atoms with Crippen molar-refractivity contribution in [2.45, 2.75) is 88.7 Å². The maximum atomic E-state index is 13.1. The maximum absolute atomic E-state index is 13.1. The van der Waals surface area contributed by atoms with Crippen molar-refractivity contribution in [1.29, 1.82) is 0 Å². The lowest BCUT2D eigenvalue weighted by atomic mass is 9.96. The molecule has 5 atom stereocenters. The summed E-state index contributed by atoms with van der Waals surface area (Å²) in [5.41, 5.74) is 3.22. The summed E-state index contributed by atoms with van der Waals surface area (Å²) in [4.78, 5) is 33.3. The molecule has 8 nitrogen and oxygen atoms in total. The van der Waals surface area contributed by atoms with E-state index in [1.165, 1.54) is 0 Å². The van der Waals surface area contributed by atoms with Gasteiger partial charge in [-0.3, -0.25) is 9.59 Å². The van der Waals surface area contributed by atoms with Crippen LogP contribution in [0.2, 0.25) is 0 Å². The quantitative estimate of drug-likeness (QED) is 0.369. The van der Waals surface area contributed by atoms with Crippen LogP contribution in [0.4, 0.5) is 5.82 Å². The van der Waals surface area contributed by atoms with Gasteiger partial charge in [-0.2, -0.15) is 0 Å². The highest BCUT2D eigenvalue weighted by Crippen LogP contribution is 2.39. The van der Waals surface area contributed by atoms with Crippen molar-refractivity contribution in [3.05, 3.63) is 89.1 Å². The van der Waals surface area contributed by atoms with E-state index in [1.807, 2.05) is 55.5 Å². The number of hydrogen-bond acceptors (Lipinski definition) is 6. The fourth-order valence-corrected chi connectivity index (χ4v) is 7.01. The van der Waals surface area contributed by atoms with Crippen LogP contribution in [-0.4, -0.2) is 54.2 Å². The summed E-state index contributed by atoms with van der Waals surface area (Å²) in [7, 11) is 1.62. The molecule has 2 saturated heterocycles. The number of piperidine rings is 1. The van der Waals surface area contributed by atoms with Crippen molar-refractivity contribution < 1.29 is 19.1 Å². The Morgan fingerprint density at radius 3 is 2.40 bits per heavy atom. The molecule has 1 saturated carbocycles. The van der Waals surface area contributed by atoms with E-state index in [4.69, 9.17) is 14.5 Å². The third-order valence-electron chi connectivity index (χ3n) is 9.17. The van der Waals surface area contributed by atoms with E-state index >= 15 is 0 Å². The molecule has 3 aliphatic rings. The number of pyridine rings is 1. The second-order valence-corrected chi connectivity index (χ2v) is 11.8. The molecule has 42 heavy (non-hydrogen) atoms. The zero-order chi connectivity index (χ0) is 29.1. The predicted octanol–water partition coefficient (Wildman–Crippen LogP) is 5.20. The van der Waals surface area contributed by atoms with E-state index in [0.717, 1.165) is 67.6 Å². The van der Waals surface area contributed by atoms with E-state index in [9.17, 15) is 9.59 Å². The SMILES string of the molecule is COc1cccc(C(=O)NC2C[C@H]3CC[C@@H](C2)N3c2ccc(C(=O)N[C@H]3CCC[C@@H]3OCc3ccccc3)cn2)c1C. The molecule has 2 aliphatic heterocycles. The molecule has 8 heteroatoms. The maximum Gasteiger partial charge on any atom is 0.253 e. The molecule has 1 aliphatic carbocycles. The molecule has 3 fully saturated rings. The molecule has 0 radical (unpaired) electrons. The Balaban J connectivity index is 1.04. The van der Waals surface area contributed by atoms with Gasteiger partial charge in [0.25, 0.3) is 11.8 Å². The van der Waals surface area contributed by atoms with Gasteiger partial charge in [0.1, 0.15) is 11.6 Å². The summed E-state index contributed by atoms with van der Waals surface area (Å²) in [5.74, 6) is 1.47. The molecular weight excluding hydrogens is 528 g/mol. The summed E-state index contributed by atoms with van der Waals surface area (Å²) in [6.45, 7) is 2.47. The Bertz CT molecular complexity index is 1380. The molecule has 2 N–H and O–H groups in total. The summed E-state index contributed by atoms with van der Waals surface area (Å²) >= 11 is 0. The number of hydrogen-bond donors (Lipinski definition) is 2. The lowest BCUT2D eigenvalue weighted by molar-refractivity contribution is 0.0272. The molecular formula is C34H40N4O4.